The van der Waals surface area contributed by atoms with Crippen LogP contribution in [0.25, 0.3) is 11.0 Å². The molecule has 2 N–H and O–H groups in total. The number of nitrogens with one attached hydrogen (secondary N) is 2. The Kier molecular flexibility index (Phi) is 4.72. The molecule has 30 heavy (non-hydrogen) atoms. The fourth-order valence-electron chi connectivity index (χ4n) is 5.06. The van der Waals surface area contributed by atoms with E-state index in [-0.39, 0.29) is 0 Å². The Balaban J connectivity index is 1.25. The molecule has 2 fully saturated rings. The van der Waals surface area contributed by atoms with Crippen molar-refractivity contribution < 1.29 is 0 Å². The van der Waals surface area contributed by atoms with E-state index in [0.29, 0.717) is 17.4 Å². The molecule has 1 saturated heterocycles. The first kappa shape index (κ1) is 19.1. The monoisotopic (exact) mass is 402 g/mol. The highest BCUT2D eigenvalue weighted by Crippen LogP contribution is 2.57. The molecule has 5 rings (SSSR count). The van der Waals surface area contributed by atoms with Gasteiger partial charge in [0.05, 0.1) is 5.39 Å². The van der Waals surface area contributed by atoms with E-state index in [1.165, 1.54) is 24.1 Å². The van der Waals surface area contributed by atoms with Gasteiger partial charge in [-0.1, -0.05) is 12.6 Å². The maximum absolute atomic E-state index is 4.62. The molecule has 2 unspecified atom stereocenters. The van der Waals surface area contributed by atoms with Gasteiger partial charge in [0.15, 0.2) is 0 Å². The summed E-state index contributed by atoms with van der Waals surface area (Å²) in [6.45, 7) is 10.8. The summed E-state index contributed by atoms with van der Waals surface area (Å²) in [6, 6.07) is 6.66. The number of anilines is 1. The van der Waals surface area contributed by atoms with Crippen molar-refractivity contribution in [3.8, 4) is 0 Å². The largest absolute Gasteiger partial charge is 0.386 e. The van der Waals surface area contributed by atoms with Crippen molar-refractivity contribution in [2.75, 3.05) is 18.0 Å². The quantitative estimate of drug-likeness (QED) is 0.652. The number of aryl methyl sites for hydroxylation is 1. The second kappa shape index (κ2) is 7.42. The van der Waals surface area contributed by atoms with Crippen molar-refractivity contribution in [1.82, 2.24) is 25.3 Å². The Labute approximate surface area is 177 Å². The summed E-state index contributed by atoms with van der Waals surface area (Å²) in [5.74, 6) is 1.58. The third-order valence-electron chi connectivity index (χ3n) is 6.80. The molecule has 4 heterocycles. The summed E-state index contributed by atoms with van der Waals surface area (Å²) in [5, 5.41) is 4.82. The lowest BCUT2D eigenvalue weighted by Crippen LogP contribution is -2.45. The van der Waals surface area contributed by atoms with E-state index in [1.807, 2.05) is 12.4 Å². The molecule has 3 aromatic heterocycles. The Morgan fingerprint density at radius 1 is 1.30 bits per heavy atom. The molecule has 3 aromatic rings. The van der Waals surface area contributed by atoms with Gasteiger partial charge in [0.1, 0.15) is 17.8 Å². The predicted molar refractivity (Wildman–Crippen MR) is 120 cm³/mol. The van der Waals surface area contributed by atoms with Crippen molar-refractivity contribution >= 4 is 16.9 Å². The van der Waals surface area contributed by atoms with Crippen LogP contribution < -0.4 is 10.2 Å². The fraction of sp³-hybridized carbons (Fsp3) is 0.458. The Bertz CT molecular complexity index is 1050. The van der Waals surface area contributed by atoms with Gasteiger partial charge in [0, 0.05) is 55.3 Å². The number of nitrogens with zero attached hydrogens (tertiary/aromatic N) is 4. The van der Waals surface area contributed by atoms with E-state index in [0.717, 1.165) is 48.5 Å². The van der Waals surface area contributed by atoms with Crippen LogP contribution in [0.15, 0.2) is 49.2 Å². The molecule has 0 bridgehead atoms. The molecule has 1 aliphatic carbocycles. The predicted octanol–water partition coefficient (Wildman–Crippen LogP) is 4.00. The topological polar surface area (TPSA) is 69.7 Å². The van der Waals surface area contributed by atoms with E-state index in [9.17, 15) is 0 Å². The Morgan fingerprint density at radius 3 is 2.93 bits per heavy atom. The normalized spacial score (nSPS) is 21.0. The van der Waals surface area contributed by atoms with Crippen molar-refractivity contribution in [2.24, 2.45) is 11.3 Å². The first-order valence-electron chi connectivity index (χ1n) is 10.9. The fourth-order valence-corrected chi connectivity index (χ4v) is 5.06. The first-order valence-corrected chi connectivity index (χ1v) is 10.9. The molecule has 1 saturated carbocycles. The highest BCUT2D eigenvalue weighted by molar-refractivity contribution is 5.87. The minimum atomic E-state index is 0.322. The van der Waals surface area contributed by atoms with E-state index < -0.39 is 0 Å². The number of H-pyrrole nitrogens is 1. The number of fused-ring (bicyclic) bond motifs is 1. The summed E-state index contributed by atoms with van der Waals surface area (Å²) in [5.41, 5.74) is 4.77. The van der Waals surface area contributed by atoms with Gasteiger partial charge in [0.2, 0.25) is 0 Å². The van der Waals surface area contributed by atoms with Crippen LogP contribution in [0.3, 0.4) is 0 Å². The average Bonchev–Trinajstić information content (AvgIpc) is 3.31. The highest BCUT2D eigenvalue weighted by atomic mass is 15.2. The molecule has 2 atom stereocenters. The highest BCUT2D eigenvalue weighted by Gasteiger charge is 2.53. The molecule has 0 radical (unpaired) electrons. The van der Waals surface area contributed by atoms with Gasteiger partial charge in [-0.3, -0.25) is 4.98 Å². The number of piperidine rings is 1. The van der Waals surface area contributed by atoms with Crippen LogP contribution in [0.2, 0.25) is 0 Å². The number of hydrogen-bond donors (Lipinski definition) is 2. The molecular formula is C24H30N6. The summed E-state index contributed by atoms with van der Waals surface area (Å²) < 4.78 is 0. The van der Waals surface area contributed by atoms with Crippen LogP contribution >= 0.6 is 0 Å². The third kappa shape index (κ3) is 3.55. The Hall–Kier alpha value is -2.89. The summed E-state index contributed by atoms with van der Waals surface area (Å²) in [7, 11) is 0. The van der Waals surface area contributed by atoms with Gasteiger partial charge in [-0.25, -0.2) is 9.97 Å². The van der Waals surface area contributed by atoms with Crippen LogP contribution in [-0.2, 0) is 6.42 Å². The third-order valence-corrected chi connectivity index (χ3v) is 6.80. The number of hydrogen-bond acceptors (Lipinski definition) is 5. The van der Waals surface area contributed by atoms with Gasteiger partial charge in [-0.05, 0) is 56.2 Å². The van der Waals surface area contributed by atoms with E-state index in [1.54, 1.807) is 6.33 Å². The number of rotatable bonds is 6. The maximum atomic E-state index is 4.62. The average molecular weight is 403 g/mol. The number of aromatic amines is 1. The second-order valence-corrected chi connectivity index (χ2v) is 9.16. The standard InChI is InChI=1S/C24H30N6/c1-16-4-5-19(26-13-16)12-17(2)29-18(3)21-7-11-30(14-24(21)8-9-24)23-20-6-10-25-22(20)27-15-28-23/h4-6,10,13,15,17,21,29H,3,7-9,11-12,14H2,1-2H3,(H,25,27,28). The van der Waals surface area contributed by atoms with Gasteiger partial charge in [-0.2, -0.15) is 0 Å². The summed E-state index contributed by atoms with van der Waals surface area (Å²) in [6.07, 6.45) is 10.1. The van der Waals surface area contributed by atoms with E-state index in [2.05, 4.69) is 68.8 Å². The molecule has 156 valence electrons. The minimum Gasteiger partial charge on any atom is -0.386 e. The van der Waals surface area contributed by atoms with Gasteiger partial charge < -0.3 is 15.2 Å². The summed E-state index contributed by atoms with van der Waals surface area (Å²) >= 11 is 0. The van der Waals surface area contributed by atoms with Crippen LogP contribution in [0.4, 0.5) is 5.82 Å². The number of aromatic nitrogens is 4. The van der Waals surface area contributed by atoms with Gasteiger partial charge in [-0.15, -0.1) is 0 Å². The minimum absolute atomic E-state index is 0.322. The molecule has 2 aliphatic rings. The van der Waals surface area contributed by atoms with Gasteiger partial charge >= 0.3 is 0 Å². The maximum Gasteiger partial charge on any atom is 0.142 e. The smallest absolute Gasteiger partial charge is 0.142 e. The lowest BCUT2D eigenvalue weighted by atomic mass is 9.80. The van der Waals surface area contributed by atoms with Crippen LogP contribution in [0.5, 0.6) is 0 Å². The van der Waals surface area contributed by atoms with Crippen molar-refractivity contribution in [2.45, 2.75) is 45.6 Å². The van der Waals surface area contributed by atoms with Crippen molar-refractivity contribution in [1.29, 1.82) is 0 Å². The lowest BCUT2D eigenvalue weighted by Gasteiger charge is -2.41. The molecule has 6 heteroatoms. The zero-order chi connectivity index (χ0) is 20.7. The van der Waals surface area contributed by atoms with E-state index >= 15 is 0 Å². The summed E-state index contributed by atoms with van der Waals surface area (Å²) in [4.78, 5) is 19.2. The lowest BCUT2D eigenvalue weighted by molar-refractivity contribution is 0.278. The first-order chi connectivity index (χ1) is 14.5. The molecule has 0 amide bonds. The van der Waals surface area contributed by atoms with E-state index in [4.69, 9.17) is 0 Å². The number of pyridine rings is 1. The second-order valence-electron chi connectivity index (χ2n) is 9.16. The molecule has 1 aliphatic heterocycles. The van der Waals surface area contributed by atoms with Gasteiger partial charge in [0.25, 0.3) is 0 Å². The SMILES string of the molecule is C=C(NC(C)Cc1ccc(C)cn1)C1CCN(c2ncnc3[nH]ccc23)CC12CC2. The number of allylic oxidation sites excluding steroid dienone is 1. The molecular weight excluding hydrogens is 372 g/mol. The molecule has 6 nitrogen and oxygen atoms in total. The van der Waals surface area contributed by atoms with Crippen LogP contribution in [0, 0.1) is 18.3 Å². The molecule has 1 spiro atoms. The van der Waals surface area contributed by atoms with Crippen molar-refractivity contribution in [3.63, 3.8) is 0 Å². The molecule has 0 aromatic carbocycles. The van der Waals surface area contributed by atoms with Crippen LogP contribution in [0.1, 0.15) is 37.4 Å². The van der Waals surface area contributed by atoms with Crippen LogP contribution in [-0.4, -0.2) is 39.1 Å². The Morgan fingerprint density at radius 2 is 2.17 bits per heavy atom. The van der Waals surface area contributed by atoms with Crippen molar-refractivity contribution in [3.05, 3.63) is 60.5 Å². The zero-order valence-electron chi connectivity index (χ0n) is 17.9. The zero-order valence-corrected chi connectivity index (χ0v) is 17.9.